The molecule has 1 amide bonds. The van der Waals surface area contributed by atoms with Gasteiger partial charge in [-0.3, -0.25) is 4.79 Å². The first-order valence-electron chi connectivity index (χ1n) is 9.60. The van der Waals surface area contributed by atoms with Gasteiger partial charge in [-0.1, -0.05) is 24.3 Å². The minimum absolute atomic E-state index is 0.0461. The number of aryl methyl sites for hydroxylation is 1. The monoisotopic (exact) mass is 398 g/mol. The first-order chi connectivity index (χ1) is 13.6. The molecule has 5 nitrogen and oxygen atoms in total. The van der Waals surface area contributed by atoms with Crippen molar-refractivity contribution in [1.29, 1.82) is 0 Å². The lowest BCUT2D eigenvalue weighted by Crippen LogP contribution is -2.36. The van der Waals surface area contributed by atoms with E-state index in [4.69, 9.17) is 0 Å². The predicted octanol–water partition coefficient (Wildman–Crippen LogP) is 3.72. The normalized spacial score (nSPS) is 11.2. The summed E-state index contributed by atoms with van der Waals surface area (Å²) in [5, 5.41) is 9.50. The van der Waals surface area contributed by atoms with E-state index in [0.717, 1.165) is 24.6 Å². The van der Waals surface area contributed by atoms with Gasteiger partial charge in [-0.2, -0.15) is 0 Å². The molecule has 0 saturated carbocycles. The number of guanidine groups is 1. The van der Waals surface area contributed by atoms with Crippen molar-refractivity contribution >= 4 is 23.6 Å². The van der Waals surface area contributed by atoms with Gasteiger partial charge >= 0.3 is 0 Å². The molecule has 28 heavy (non-hydrogen) atoms. The number of aliphatic imine (C=N–C) groups is 1. The van der Waals surface area contributed by atoms with Crippen molar-refractivity contribution in [3.63, 3.8) is 0 Å². The van der Waals surface area contributed by atoms with E-state index in [1.807, 2.05) is 31.2 Å². The quantitative estimate of drug-likeness (QED) is 0.360. The van der Waals surface area contributed by atoms with Crippen LogP contribution < -0.4 is 16.0 Å². The molecule has 2 aromatic rings. The van der Waals surface area contributed by atoms with Gasteiger partial charge in [0.2, 0.25) is 0 Å². The predicted molar refractivity (Wildman–Crippen MR) is 119 cm³/mol. The third kappa shape index (κ3) is 6.60. The maximum absolute atomic E-state index is 11.8. The average molecular weight is 399 g/mol. The van der Waals surface area contributed by atoms with Gasteiger partial charge in [0.15, 0.2) is 5.96 Å². The molecule has 150 valence electrons. The summed E-state index contributed by atoms with van der Waals surface area (Å²) in [5.41, 5.74) is 4.26. The molecule has 0 saturated heterocycles. The standard InChI is InChI=1S/C22H30N4OS/c1-5-23-21(27)18-11-8-17(9-12-18)14-25-22(24-6-2)26-15-19-10-7-16(3)13-20(19)28-4/h7-13H,5-6,14-15H2,1-4H3,(H,23,27)(H2,24,25,26). The van der Waals surface area contributed by atoms with Crippen molar-refractivity contribution in [2.45, 2.75) is 38.8 Å². The van der Waals surface area contributed by atoms with Crippen LogP contribution in [0.25, 0.3) is 0 Å². The van der Waals surface area contributed by atoms with Crippen molar-refractivity contribution in [2.24, 2.45) is 4.99 Å². The topological polar surface area (TPSA) is 65.5 Å². The van der Waals surface area contributed by atoms with Crippen LogP contribution in [0.15, 0.2) is 52.4 Å². The highest BCUT2D eigenvalue weighted by atomic mass is 32.2. The summed E-state index contributed by atoms with van der Waals surface area (Å²) in [6, 6.07) is 14.1. The number of nitrogens with one attached hydrogen (secondary N) is 3. The van der Waals surface area contributed by atoms with E-state index in [9.17, 15) is 4.79 Å². The van der Waals surface area contributed by atoms with Crippen LogP contribution in [0, 0.1) is 6.92 Å². The van der Waals surface area contributed by atoms with Crippen molar-refractivity contribution in [3.8, 4) is 0 Å². The minimum atomic E-state index is -0.0461. The first-order valence-corrected chi connectivity index (χ1v) is 10.8. The second-order valence-corrected chi connectivity index (χ2v) is 7.27. The van der Waals surface area contributed by atoms with Gasteiger partial charge in [0.1, 0.15) is 0 Å². The van der Waals surface area contributed by atoms with E-state index in [1.165, 1.54) is 16.0 Å². The fourth-order valence-corrected chi connectivity index (χ4v) is 3.42. The highest BCUT2D eigenvalue weighted by Gasteiger charge is 2.05. The zero-order chi connectivity index (χ0) is 20.4. The van der Waals surface area contributed by atoms with E-state index >= 15 is 0 Å². The molecule has 0 aromatic heterocycles. The molecular weight excluding hydrogens is 368 g/mol. The molecule has 0 spiro atoms. The van der Waals surface area contributed by atoms with Crippen molar-refractivity contribution < 1.29 is 4.79 Å². The van der Waals surface area contributed by atoms with Crippen molar-refractivity contribution in [3.05, 3.63) is 64.7 Å². The summed E-state index contributed by atoms with van der Waals surface area (Å²) < 4.78 is 0. The lowest BCUT2D eigenvalue weighted by molar-refractivity contribution is 0.0956. The summed E-state index contributed by atoms with van der Waals surface area (Å²) in [6.45, 7) is 8.77. The Labute approximate surface area is 172 Å². The van der Waals surface area contributed by atoms with Gasteiger partial charge in [0.05, 0.1) is 6.54 Å². The Morgan fingerprint density at radius 2 is 1.71 bits per heavy atom. The Bertz CT molecular complexity index is 803. The van der Waals surface area contributed by atoms with E-state index in [0.29, 0.717) is 18.7 Å². The van der Waals surface area contributed by atoms with Crippen LogP contribution in [0.4, 0.5) is 0 Å². The minimum Gasteiger partial charge on any atom is -0.357 e. The average Bonchev–Trinajstić information content (AvgIpc) is 2.71. The fourth-order valence-electron chi connectivity index (χ4n) is 2.71. The van der Waals surface area contributed by atoms with Gasteiger partial charge in [-0.25, -0.2) is 4.99 Å². The molecule has 3 N–H and O–H groups in total. The van der Waals surface area contributed by atoms with Crippen LogP contribution in [-0.2, 0) is 13.1 Å². The molecule has 0 unspecified atom stereocenters. The first kappa shape index (κ1) is 21.8. The summed E-state index contributed by atoms with van der Waals surface area (Å²) in [5.74, 6) is 0.734. The number of nitrogens with zero attached hydrogens (tertiary/aromatic N) is 1. The Hall–Kier alpha value is -2.47. The van der Waals surface area contributed by atoms with Crippen LogP contribution in [0.1, 0.15) is 40.9 Å². The van der Waals surface area contributed by atoms with Gasteiger partial charge < -0.3 is 16.0 Å². The third-order valence-corrected chi connectivity index (χ3v) is 5.03. The zero-order valence-electron chi connectivity index (χ0n) is 17.1. The number of carbonyl (C=O) groups is 1. The third-order valence-electron chi connectivity index (χ3n) is 4.21. The summed E-state index contributed by atoms with van der Waals surface area (Å²) in [7, 11) is 0. The molecule has 0 aliphatic rings. The van der Waals surface area contributed by atoms with Crippen LogP contribution in [-0.4, -0.2) is 31.2 Å². The molecular formula is C22H30N4OS. The Kier molecular flexibility index (Phi) is 8.88. The van der Waals surface area contributed by atoms with Gasteiger partial charge in [-0.05, 0) is 61.9 Å². The lowest BCUT2D eigenvalue weighted by atomic mass is 10.1. The second-order valence-electron chi connectivity index (χ2n) is 6.42. The summed E-state index contributed by atoms with van der Waals surface area (Å²) in [6.07, 6.45) is 2.10. The number of benzene rings is 2. The van der Waals surface area contributed by atoms with Gasteiger partial charge in [0, 0.05) is 30.1 Å². The van der Waals surface area contributed by atoms with Crippen LogP contribution in [0.2, 0.25) is 0 Å². The Balaban J connectivity index is 2.01. The number of thioether (sulfide) groups is 1. The number of hydrogen-bond donors (Lipinski definition) is 3. The Morgan fingerprint density at radius 1 is 1.00 bits per heavy atom. The number of amides is 1. The summed E-state index contributed by atoms with van der Waals surface area (Å²) >= 11 is 1.76. The zero-order valence-corrected chi connectivity index (χ0v) is 18.0. The molecule has 0 heterocycles. The van der Waals surface area contributed by atoms with E-state index in [1.54, 1.807) is 11.8 Å². The molecule has 0 aliphatic carbocycles. The fraction of sp³-hybridized carbons (Fsp3) is 0.364. The van der Waals surface area contributed by atoms with Crippen LogP contribution >= 0.6 is 11.8 Å². The molecule has 0 radical (unpaired) electrons. The molecule has 2 rings (SSSR count). The lowest BCUT2D eigenvalue weighted by Gasteiger charge is -2.14. The van der Waals surface area contributed by atoms with Crippen LogP contribution in [0.3, 0.4) is 0 Å². The molecule has 0 fully saturated rings. The highest BCUT2D eigenvalue weighted by Crippen LogP contribution is 2.21. The number of carbonyl (C=O) groups excluding carboxylic acids is 1. The smallest absolute Gasteiger partial charge is 0.251 e. The summed E-state index contributed by atoms with van der Waals surface area (Å²) in [4.78, 5) is 17.8. The highest BCUT2D eigenvalue weighted by molar-refractivity contribution is 7.98. The van der Waals surface area contributed by atoms with E-state index in [2.05, 4.69) is 59.2 Å². The van der Waals surface area contributed by atoms with Gasteiger partial charge in [0.25, 0.3) is 5.91 Å². The van der Waals surface area contributed by atoms with Crippen LogP contribution in [0.5, 0.6) is 0 Å². The van der Waals surface area contributed by atoms with Gasteiger partial charge in [-0.15, -0.1) is 11.8 Å². The van der Waals surface area contributed by atoms with E-state index in [-0.39, 0.29) is 5.91 Å². The number of rotatable bonds is 8. The molecule has 0 aliphatic heterocycles. The van der Waals surface area contributed by atoms with Crippen molar-refractivity contribution in [1.82, 2.24) is 16.0 Å². The maximum Gasteiger partial charge on any atom is 0.251 e. The largest absolute Gasteiger partial charge is 0.357 e. The molecule has 2 aromatic carbocycles. The molecule has 6 heteroatoms. The Morgan fingerprint density at radius 3 is 2.36 bits per heavy atom. The SMILES string of the molecule is CCNC(=O)c1ccc(CN=C(NCC)NCc2ccc(C)cc2SC)cc1. The van der Waals surface area contributed by atoms with Crippen molar-refractivity contribution in [2.75, 3.05) is 19.3 Å². The molecule has 0 atom stereocenters. The van der Waals surface area contributed by atoms with E-state index < -0.39 is 0 Å². The number of hydrogen-bond acceptors (Lipinski definition) is 3. The maximum atomic E-state index is 11.8. The second kappa shape index (κ2) is 11.4. The molecule has 0 bridgehead atoms.